The van der Waals surface area contributed by atoms with Gasteiger partial charge in [0, 0.05) is 10.2 Å². The summed E-state index contributed by atoms with van der Waals surface area (Å²) in [6.07, 6.45) is 9.93. The van der Waals surface area contributed by atoms with Gasteiger partial charge in [-0.05, 0) is 81.0 Å². The Bertz CT molecular complexity index is 849. The van der Waals surface area contributed by atoms with Crippen LogP contribution in [0.3, 0.4) is 0 Å². The third-order valence-electron chi connectivity index (χ3n) is 6.83. The predicted octanol–water partition coefficient (Wildman–Crippen LogP) is 4.28. The Labute approximate surface area is 161 Å². The van der Waals surface area contributed by atoms with Gasteiger partial charge in [0.25, 0.3) is 0 Å². The molecule has 0 spiro atoms. The number of amides is 1. The number of carbonyl (C=O) groups is 1. The van der Waals surface area contributed by atoms with E-state index in [1.165, 1.54) is 6.42 Å². The summed E-state index contributed by atoms with van der Waals surface area (Å²) in [7, 11) is 0. The van der Waals surface area contributed by atoms with E-state index in [9.17, 15) is 4.79 Å². The lowest BCUT2D eigenvalue weighted by Crippen LogP contribution is -2.60. The molecule has 4 aliphatic carbocycles. The summed E-state index contributed by atoms with van der Waals surface area (Å²) < 4.78 is 3.12. The summed E-state index contributed by atoms with van der Waals surface area (Å²) in [6.45, 7) is 2.05. The molecule has 6 rings (SSSR count). The molecule has 2 aromatic rings. The standard InChI is InChI=1S/C20H23BrN4O/c1-13-4-16(2-3-17(13)21)24-18(26)19-6-14-5-15(7-19)9-20(8-14,10-19)25-12-22-11-23-25/h2-4,11-12,14-15H,5-10H2,1H3,(H,24,26)/t14-,15-,19?,20?/m1/s1. The van der Waals surface area contributed by atoms with Gasteiger partial charge in [-0.1, -0.05) is 15.9 Å². The van der Waals surface area contributed by atoms with Crippen LogP contribution in [0.25, 0.3) is 0 Å². The monoisotopic (exact) mass is 414 g/mol. The number of aromatic nitrogens is 3. The fourth-order valence-electron chi connectivity index (χ4n) is 6.19. The average Bonchev–Trinajstić information content (AvgIpc) is 3.12. The van der Waals surface area contributed by atoms with Crippen LogP contribution in [0.4, 0.5) is 5.69 Å². The number of aryl methyl sites for hydroxylation is 1. The van der Waals surface area contributed by atoms with Crippen LogP contribution in [0.5, 0.6) is 0 Å². The molecule has 0 radical (unpaired) electrons. The molecule has 136 valence electrons. The van der Waals surface area contributed by atoms with Gasteiger partial charge in [-0.3, -0.25) is 4.79 Å². The zero-order valence-corrected chi connectivity index (χ0v) is 16.5. The number of hydrogen-bond acceptors (Lipinski definition) is 3. The van der Waals surface area contributed by atoms with Crippen LogP contribution < -0.4 is 5.32 Å². The fourth-order valence-corrected chi connectivity index (χ4v) is 6.43. The zero-order chi connectivity index (χ0) is 17.9. The minimum absolute atomic E-state index is 0.0203. The molecule has 1 aromatic heterocycles. The van der Waals surface area contributed by atoms with E-state index in [-0.39, 0.29) is 16.9 Å². The smallest absolute Gasteiger partial charge is 0.230 e. The van der Waals surface area contributed by atoms with Gasteiger partial charge in [-0.15, -0.1) is 0 Å². The molecule has 4 aliphatic rings. The van der Waals surface area contributed by atoms with Gasteiger partial charge in [0.05, 0.1) is 11.0 Å². The Morgan fingerprint density at radius 3 is 2.69 bits per heavy atom. The number of carbonyl (C=O) groups excluding carboxylic acids is 1. The van der Waals surface area contributed by atoms with E-state index in [2.05, 4.69) is 36.0 Å². The SMILES string of the molecule is Cc1cc(NC(=O)C23C[C@H]4C[C@H](C2)CC(n2cncn2)(C4)C3)ccc1Br. The van der Waals surface area contributed by atoms with Crippen molar-refractivity contribution in [2.75, 3.05) is 5.32 Å². The van der Waals surface area contributed by atoms with Gasteiger partial charge in [0.2, 0.25) is 5.91 Å². The fraction of sp³-hybridized carbons (Fsp3) is 0.550. The van der Waals surface area contributed by atoms with Crippen LogP contribution in [0.2, 0.25) is 0 Å². The Morgan fingerprint density at radius 2 is 2.04 bits per heavy atom. The molecule has 0 unspecified atom stereocenters. The summed E-state index contributed by atoms with van der Waals surface area (Å²) in [5.41, 5.74) is 1.73. The number of anilines is 1. The number of nitrogens with one attached hydrogen (secondary N) is 1. The van der Waals surface area contributed by atoms with Crippen molar-refractivity contribution in [1.29, 1.82) is 0 Å². The maximum absolute atomic E-state index is 13.4. The molecular formula is C20H23BrN4O. The third-order valence-corrected chi connectivity index (χ3v) is 7.72. The second kappa shape index (κ2) is 5.65. The Morgan fingerprint density at radius 1 is 1.27 bits per heavy atom. The van der Waals surface area contributed by atoms with E-state index in [4.69, 9.17) is 0 Å². The van der Waals surface area contributed by atoms with E-state index in [1.807, 2.05) is 31.5 Å². The van der Waals surface area contributed by atoms with E-state index in [1.54, 1.807) is 6.33 Å². The molecule has 1 aromatic carbocycles. The zero-order valence-electron chi connectivity index (χ0n) is 14.9. The summed E-state index contributed by atoms with van der Waals surface area (Å²) in [5, 5.41) is 7.70. The van der Waals surface area contributed by atoms with Crippen molar-refractivity contribution >= 4 is 27.5 Å². The van der Waals surface area contributed by atoms with Crippen LogP contribution >= 0.6 is 15.9 Å². The van der Waals surface area contributed by atoms with Crippen molar-refractivity contribution in [3.05, 3.63) is 40.9 Å². The van der Waals surface area contributed by atoms with E-state index in [0.717, 1.165) is 47.8 Å². The highest BCUT2D eigenvalue weighted by Gasteiger charge is 2.61. The maximum atomic E-state index is 13.4. The molecule has 4 fully saturated rings. The molecule has 6 heteroatoms. The first kappa shape index (κ1) is 16.5. The van der Waals surface area contributed by atoms with E-state index in [0.29, 0.717) is 11.8 Å². The summed E-state index contributed by atoms with van der Waals surface area (Å²) >= 11 is 3.53. The van der Waals surface area contributed by atoms with Gasteiger partial charge in [0.1, 0.15) is 12.7 Å². The summed E-state index contributed by atoms with van der Waals surface area (Å²) in [5.74, 6) is 1.44. The molecule has 1 heterocycles. The number of halogens is 1. The molecular weight excluding hydrogens is 392 g/mol. The quantitative estimate of drug-likeness (QED) is 0.814. The molecule has 1 N–H and O–H groups in total. The first-order valence-corrected chi connectivity index (χ1v) is 10.2. The lowest BCUT2D eigenvalue weighted by molar-refractivity contribution is -0.150. The number of nitrogens with zero attached hydrogens (tertiary/aromatic N) is 3. The minimum atomic E-state index is -0.267. The van der Waals surface area contributed by atoms with Gasteiger partial charge in [-0.25, -0.2) is 9.67 Å². The molecule has 0 aliphatic heterocycles. The molecule has 5 nitrogen and oxygen atoms in total. The largest absolute Gasteiger partial charge is 0.326 e. The number of rotatable bonds is 3. The normalized spacial score (nSPS) is 34.8. The van der Waals surface area contributed by atoms with Crippen molar-refractivity contribution in [3.8, 4) is 0 Å². The van der Waals surface area contributed by atoms with Crippen LogP contribution in [0.1, 0.15) is 44.1 Å². The molecule has 0 saturated heterocycles. The Hall–Kier alpha value is -1.69. The summed E-state index contributed by atoms with van der Waals surface area (Å²) in [6, 6.07) is 6.01. The van der Waals surface area contributed by atoms with Crippen LogP contribution in [0, 0.1) is 24.2 Å². The van der Waals surface area contributed by atoms with Crippen molar-refractivity contribution in [2.45, 2.75) is 51.0 Å². The van der Waals surface area contributed by atoms with Gasteiger partial charge < -0.3 is 5.32 Å². The lowest BCUT2D eigenvalue weighted by atomic mass is 9.46. The lowest BCUT2D eigenvalue weighted by Gasteiger charge is -2.60. The van der Waals surface area contributed by atoms with Crippen LogP contribution in [-0.4, -0.2) is 20.7 Å². The third kappa shape index (κ3) is 2.45. The van der Waals surface area contributed by atoms with Gasteiger partial charge >= 0.3 is 0 Å². The van der Waals surface area contributed by atoms with Gasteiger partial charge in [0.15, 0.2) is 0 Å². The Kier molecular flexibility index (Phi) is 3.58. The van der Waals surface area contributed by atoms with Crippen LogP contribution in [-0.2, 0) is 10.3 Å². The van der Waals surface area contributed by atoms with Crippen molar-refractivity contribution in [3.63, 3.8) is 0 Å². The van der Waals surface area contributed by atoms with Crippen molar-refractivity contribution in [2.24, 2.45) is 17.3 Å². The second-order valence-corrected chi connectivity index (χ2v) is 9.58. The number of benzene rings is 1. The van der Waals surface area contributed by atoms with Gasteiger partial charge in [-0.2, -0.15) is 5.10 Å². The highest BCUT2D eigenvalue weighted by Crippen LogP contribution is 2.64. The molecule has 1 amide bonds. The molecule has 26 heavy (non-hydrogen) atoms. The predicted molar refractivity (Wildman–Crippen MR) is 103 cm³/mol. The molecule has 4 saturated carbocycles. The second-order valence-electron chi connectivity index (χ2n) is 8.72. The highest BCUT2D eigenvalue weighted by atomic mass is 79.9. The van der Waals surface area contributed by atoms with Crippen molar-refractivity contribution in [1.82, 2.24) is 14.8 Å². The highest BCUT2D eigenvalue weighted by molar-refractivity contribution is 9.10. The Balaban J connectivity index is 1.46. The molecule has 4 bridgehead atoms. The summed E-state index contributed by atoms with van der Waals surface area (Å²) in [4.78, 5) is 17.6. The number of hydrogen-bond donors (Lipinski definition) is 1. The average molecular weight is 415 g/mol. The minimum Gasteiger partial charge on any atom is -0.326 e. The van der Waals surface area contributed by atoms with Crippen molar-refractivity contribution < 1.29 is 4.79 Å². The first-order valence-electron chi connectivity index (χ1n) is 9.41. The molecule has 2 atom stereocenters. The topological polar surface area (TPSA) is 59.8 Å². The first-order chi connectivity index (χ1) is 12.5. The van der Waals surface area contributed by atoms with E-state index < -0.39 is 0 Å². The van der Waals surface area contributed by atoms with E-state index >= 15 is 0 Å². The maximum Gasteiger partial charge on any atom is 0.230 e. The van der Waals surface area contributed by atoms with Crippen LogP contribution in [0.15, 0.2) is 35.3 Å².